The normalized spacial score (nSPS) is 23.8. The molecule has 0 aliphatic heterocycles. The van der Waals surface area contributed by atoms with Gasteiger partial charge in [0, 0.05) is 6.42 Å². The van der Waals surface area contributed by atoms with Crippen molar-refractivity contribution < 1.29 is 27.4 Å². The van der Waals surface area contributed by atoms with Crippen LogP contribution in [0.2, 0.25) is 0 Å². The van der Waals surface area contributed by atoms with Crippen molar-refractivity contribution in [2.75, 3.05) is 7.11 Å². The van der Waals surface area contributed by atoms with E-state index in [1.54, 1.807) is 6.07 Å². The number of methoxy groups -OCH3 is 1. The molecule has 0 radical (unpaired) electrons. The van der Waals surface area contributed by atoms with Crippen molar-refractivity contribution in [2.45, 2.75) is 63.8 Å². The molecule has 2 aliphatic rings. The standard InChI is InChI=1S/C23H27F3O3/c1-15(2)22(13-11-16(12-14-22)7-10-21(27)28-3)29-20-9-8-17-18(20)5-4-6-19(17)23(24,25)26/h4-6,11-13,15,20H,7-10,14H2,1-3H3/t20-,22+/m1/s1. The van der Waals surface area contributed by atoms with E-state index in [2.05, 4.69) is 24.7 Å². The summed E-state index contributed by atoms with van der Waals surface area (Å²) in [5.41, 5.74) is 0.923. The highest BCUT2D eigenvalue weighted by molar-refractivity contribution is 5.69. The Labute approximate surface area is 169 Å². The second-order valence-corrected chi connectivity index (χ2v) is 8.02. The van der Waals surface area contributed by atoms with Crippen molar-refractivity contribution in [3.63, 3.8) is 0 Å². The largest absolute Gasteiger partial charge is 0.469 e. The molecule has 0 N–H and O–H groups in total. The van der Waals surface area contributed by atoms with Gasteiger partial charge in [-0.1, -0.05) is 49.8 Å². The zero-order chi connectivity index (χ0) is 21.2. The third-order valence-electron chi connectivity index (χ3n) is 5.97. The van der Waals surface area contributed by atoms with Gasteiger partial charge in [-0.3, -0.25) is 4.79 Å². The highest BCUT2D eigenvalue weighted by Crippen LogP contribution is 2.45. The highest BCUT2D eigenvalue weighted by atomic mass is 19.4. The van der Waals surface area contributed by atoms with Crippen molar-refractivity contribution in [1.82, 2.24) is 0 Å². The van der Waals surface area contributed by atoms with Gasteiger partial charge in [0.2, 0.25) is 0 Å². The molecule has 29 heavy (non-hydrogen) atoms. The molecule has 0 heterocycles. The van der Waals surface area contributed by atoms with Crippen molar-refractivity contribution in [2.24, 2.45) is 5.92 Å². The molecule has 158 valence electrons. The summed E-state index contributed by atoms with van der Waals surface area (Å²) in [5.74, 6) is -0.105. The van der Waals surface area contributed by atoms with E-state index < -0.39 is 17.3 Å². The van der Waals surface area contributed by atoms with Gasteiger partial charge in [-0.2, -0.15) is 13.2 Å². The summed E-state index contributed by atoms with van der Waals surface area (Å²) in [7, 11) is 1.37. The van der Waals surface area contributed by atoms with Gasteiger partial charge in [-0.25, -0.2) is 0 Å². The molecular formula is C23H27F3O3. The minimum Gasteiger partial charge on any atom is -0.469 e. The first-order valence-electron chi connectivity index (χ1n) is 9.98. The van der Waals surface area contributed by atoms with Crippen LogP contribution >= 0.6 is 0 Å². The fourth-order valence-electron chi connectivity index (χ4n) is 4.13. The first-order chi connectivity index (χ1) is 13.7. The van der Waals surface area contributed by atoms with Gasteiger partial charge in [-0.15, -0.1) is 0 Å². The Morgan fingerprint density at radius 1 is 1.31 bits per heavy atom. The van der Waals surface area contributed by atoms with E-state index in [9.17, 15) is 18.0 Å². The van der Waals surface area contributed by atoms with Gasteiger partial charge in [-0.05, 0) is 48.8 Å². The Kier molecular flexibility index (Phi) is 6.22. The maximum atomic E-state index is 13.3. The number of halogens is 3. The summed E-state index contributed by atoms with van der Waals surface area (Å²) in [4.78, 5) is 11.4. The number of ether oxygens (including phenoxy) is 2. The quantitative estimate of drug-likeness (QED) is 0.546. The van der Waals surface area contributed by atoms with E-state index in [-0.39, 0.29) is 18.0 Å². The van der Waals surface area contributed by atoms with Crippen molar-refractivity contribution >= 4 is 5.97 Å². The summed E-state index contributed by atoms with van der Waals surface area (Å²) in [6.07, 6.45) is 3.79. The summed E-state index contributed by atoms with van der Waals surface area (Å²) >= 11 is 0. The van der Waals surface area contributed by atoms with E-state index in [0.717, 1.165) is 11.6 Å². The topological polar surface area (TPSA) is 35.5 Å². The molecule has 0 amide bonds. The van der Waals surface area contributed by atoms with E-state index in [1.165, 1.54) is 13.2 Å². The minimum absolute atomic E-state index is 0.145. The van der Waals surface area contributed by atoms with Crippen LogP contribution in [0.5, 0.6) is 0 Å². The summed E-state index contributed by atoms with van der Waals surface area (Å²) < 4.78 is 51.2. The molecule has 0 spiro atoms. The summed E-state index contributed by atoms with van der Waals surface area (Å²) in [5, 5.41) is 0. The third-order valence-corrected chi connectivity index (χ3v) is 5.97. The number of fused-ring (bicyclic) bond motifs is 1. The summed E-state index contributed by atoms with van der Waals surface area (Å²) in [6, 6.07) is 4.36. The molecule has 3 nitrogen and oxygen atoms in total. The van der Waals surface area contributed by atoms with Gasteiger partial charge < -0.3 is 9.47 Å². The Hall–Kier alpha value is -2.08. The highest BCUT2D eigenvalue weighted by Gasteiger charge is 2.41. The van der Waals surface area contributed by atoms with E-state index in [1.807, 2.05) is 12.2 Å². The maximum absolute atomic E-state index is 13.3. The Morgan fingerprint density at radius 2 is 2.07 bits per heavy atom. The van der Waals surface area contributed by atoms with Gasteiger partial charge in [0.15, 0.2) is 0 Å². The molecule has 0 saturated heterocycles. The average molecular weight is 408 g/mol. The van der Waals surface area contributed by atoms with Crippen molar-refractivity contribution in [3.05, 3.63) is 58.7 Å². The monoisotopic (exact) mass is 408 g/mol. The van der Waals surface area contributed by atoms with Crippen LogP contribution in [0.4, 0.5) is 13.2 Å². The fourth-order valence-corrected chi connectivity index (χ4v) is 4.13. The molecule has 0 unspecified atom stereocenters. The molecule has 0 aromatic heterocycles. The molecule has 2 atom stereocenters. The number of allylic oxidation sites excluding steroid dienone is 2. The van der Waals surface area contributed by atoms with Gasteiger partial charge in [0.1, 0.15) is 0 Å². The van der Waals surface area contributed by atoms with Crippen LogP contribution < -0.4 is 0 Å². The van der Waals surface area contributed by atoms with Gasteiger partial charge in [0.05, 0.1) is 24.4 Å². The predicted octanol–water partition coefficient (Wildman–Crippen LogP) is 5.94. The van der Waals surface area contributed by atoms with Crippen molar-refractivity contribution in [1.29, 1.82) is 0 Å². The zero-order valence-corrected chi connectivity index (χ0v) is 17.0. The van der Waals surface area contributed by atoms with Gasteiger partial charge >= 0.3 is 12.1 Å². The molecule has 1 aromatic carbocycles. The number of carbonyl (C=O) groups is 1. The van der Waals surface area contributed by atoms with Crippen LogP contribution in [0.3, 0.4) is 0 Å². The fraction of sp³-hybridized carbons (Fsp3) is 0.522. The SMILES string of the molecule is COC(=O)CCC1=CC[C@](O[C@@H]2CCc3c2cccc3C(F)(F)F)(C(C)C)C=C1. The van der Waals surface area contributed by atoms with Crippen molar-refractivity contribution in [3.8, 4) is 0 Å². The lowest BCUT2D eigenvalue weighted by molar-refractivity contribution is -0.140. The minimum atomic E-state index is -4.35. The lowest BCUT2D eigenvalue weighted by Crippen LogP contribution is -2.38. The van der Waals surface area contributed by atoms with Crippen LogP contribution in [0.15, 0.2) is 42.0 Å². The number of hydrogen-bond acceptors (Lipinski definition) is 3. The van der Waals surface area contributed by atoms with E-state index in [4.69, 9.17) is 4.74 Å². The molecule has 0 bridgehead atoms. The molecule has 0 saturated carbocycles. The number of hydrogen-bond donors (Lipinski definition) is 0. The molecule has 1 aromatic rings. The molecule has 0 fully saturated rings. The Morgan fingerprint density at radius 3 is 2.66 bits per heavy atom. The second-order valence-electron chi connectivity index (χ2n) is 8.02. The molecule has 3 rings (SSSR count). The average Bonchev–Trinajstić information content (AvgIpc) is 3.09. The predicted molar refractivity (Wildman–Crippen MR) is 104 cm³/mol. The zero-order valence-electron chi connectivity index (χ0n) is 17.0. The first-order valence-corrected chi connectivity index (χ1v) is 9.98. The van der Waals surface area contributed by atoms with Crippen LogP contribution in [-0.2, 0) is 26.9 Å². The first kappa shape index (κ1) is 21.6. The second kappa shape index (κ2) is 8.34. The number of alkyl halides is 3. The van der Waals surface area contributed by atoms with Crippen LogP contribution in [0, 0.1) is 5.92 Å². The number of benzene rings is 1. The van der Waals surface area contributed by atoms with E-state index in [0.29, 0.717) is 43.2 Å². The van der Waals surface area contributed by atoms with Gasteiger partial charge in [0.25, 0.3) is 0 Å². The number of esters is 1. The Bertz CT molecular complexity index is 823. The van der Waals surface area contributed by atoms with E-state index >= 15 is 0 Å². The Balaban J connectivity index is 1.77. The molecule has 2 aliphatic carbocycles. The lowest BCUT2D eigenvalue weighted by atomic mass is 9.81. The number of rotatable bonds is 6. The molecule has 6 heteroatoms. The smallest absolute Gasteiger partial charge is 0.416 e. The van der Waals surface area contributed by atoms with Crippen LogP contribution in [0.1, 0.15) is 62.3 Å². The maximum Gasteiger partial charge on any atom is 0.416 e. The molecular weight excluding hydrogens is 381 g/mol. The van der Waals surface area contributed by atoms with Crippen LogP contribution in [-0.4, -0.2) is 18.7 Å². The number of carbonyl (C=O) groups excluding carboxylic acids is 1. The third kappa shape index (κ3) is 4.58. The summed E-state index contributed by atoms with van der Waals surface area (Å²) in [6.45, 7) is 4.11. The lowest BCUT2D eigenvalue weighted by Gasteiger charge is -2.39. The van der Waals surface area contributed by atoms with Crippen LogP contribution in [0.25, 0.3) is 0 Å².